The number of hydrogen-bond donors (Lipinski definition) is 0. The summed E-state index contributed by atoms with van der Waals surface area (Å²) in [5.74, 6) is 2.03. The first-order valence-electron chi connectivity index (χ1n) is 8.71. The Morgan fingerprint density at radius 3 is 2.20 bits per heavy atom. The molecule has 3 rings (SSSR count). The van der Waals surface area contributed by atoms with Crippen LogP contribution in [-0.4, -0.2) is 47.4 Å². The van der Waals surface area contributed by atoms with Gasteiger partial charge in [0.25, 0.3) is 0 Å². The summed E-state index contributed by atoms with van der Waals surface area (Å²) < 4.78 is 0. The third-order valence-electron chi connectivity index (χ3n) is 5.92. The predicted octanol–water partition coefficient (Wildman–Crippen LogP) is 2.90. The minimum atomic E-state index is 0.218. The van der Waals surface area contributed by atoms with Gasteiger partial charge >= 0.3 is 0 Å². The van der Waals surface area contributed by atoms with Gasteiger partial charge in [0.05, 0.1) is 6.04 Å². The zero-order valence-corrected chi connectivity index (χ0v) is 13.2. The largest absolute Gasteiger partial charge is 0.341 e. The van der Waals surface area contributed by atoms with E-state index in [9.17, 15) is 4.79 Å². The van der Waals surface area contributed by atoms with Gasteiger partial charge in [0.2, 0.25) is 5.91 Å². The number of amides is 1. The van der Waals surface area contributed by atoms with Crippen molar-refractivity contribution in [2.24, 2.45) is 11.8 Å². The number of hydrogen-bond acceptors (Lipinski definition) is 2. The average molecular weight is 278 g/mol. The van der Waals surface area contributed by atoms with Crippen molar-refractivity contribution in [3.8, 4) is 0 Å². The van der Waals surface area contributed by atoms with E-state index in [1.54, 1.807) is 0 Å². The minimum absolute atomic E-state index is 0.218. The van der Waals surface area contributed by atoms with Crippen LogP contribution < -0.4 is 0 Å². The van der Waals surface area contributed by atoms with Crippen molar-refractivity contribution in [3.63, 3.8) is 0 Å². The van der Waals surface area contributed by atoms with Crippen LogP contribution in [-0.2, 0) is 4.79 Å². The SMILES string of the molecule is CC(C)C1CCN(C(=O)[C@@H]2CCCN2C2CCC2)CC1. The molecule has 1 atom stereocenters. The Morgan fingerprint density at radius 2 is 1.65 bits per heavy atom. The van der Waals surface area contributed by atoms with Gasteiger partial charge in [0.1, 0.15) is 0 Å². The molecule has 3 aliphatic rings. The molecular formula is C17H30N2O. The third kappa shape index (κ3) is 2.74. The Bertz CT molecular complexity index is 343. The number of carbonyl (C=O) groups is 1. The number of carbonyl (C=O) groups excluding carboxylic acids is 1. The zero-order valence-electron chi connectivity index (χ0n) is 13.2. The fourth-order valence-corrected chi connectivity index (χ4v) is 4.21. The summed E-state index contributed by atoms with van der Waals surface area (Å²) in [5.41, 5.74) is 0. The molecule has 1 saturated carbocycles. The molecule has 0 radical (unpaired) electrons. The van der Waals surface area contributed by atoms with E-state index in [4.69, 9.17) is 0 Å². The highest BCUT2D eigenvalue weighted by Gasteiger charge is 2.39. The summed E-state index contributed by atoms with van der Waals surface area (Å²) in [6.45, 7) is 7.78. The Kier molecular flexibility index (Phi) is 4.34. The lowest BCUT2D eigenvalue weighted by Crippen LogP contribution is -2.52. The van der Waals surface area contributed by atoms with E-state index in [1.165, 1.54) is 38.5 Å². The predicted molar refractivity (Wildman–Crippen MR) is 81.5 cm³/mol. The Morgan fingerprint density at radius 1 is 0.950 bits per heavy atom. The number of likely N-dealkylation sites (tertiary alicyclic amines) is 2. The molecule has 114 valence electrons. The fraction of sp³-hybridized carbons (Fsp3) is 0.941. The molecule has 0 N–H and O–H groups in total. The fourth-order valence-electron chi connectivity index (χ4n) is 4.21. The molecule has 2 saturated heterocycles. The summed E-state index contributed by atoms with van der Waals surface area (Å²) >= 11 is 0. The smallest absolute Gasteiger partial charge is 0.239 e. The molecule has 1 amide bonds. The second kappa shape index (κ2) is 6.05. The zero-order chi connectivity index (χ0) is 14.1. The molecule has 3 heteroatoms. The molecule has 20 heavy (non-hydrogen) atoms. The molecule has 0 aromatic carbocycles. The van der Waals surface area contributed by atoms with Crippen LogP contribution in [0.4, 0.5) is 0 Å². The van der Waals surface area contributed by atoms with Crippen LogP contribution in [0, 0.1) is 11.8 Å². The first-order valence-corrected chi connectivity index (χ1v) is 8.71. The summed E-state index contributed by atoms with van der Waals surface area (Å²) in [5, 5.41) is 0. The van der Waals surface area contributed by atoms with Crippen molar-refractivity contribution in [2.75, 3.05) is 19.6 Å². The van der Waals surface area contributed by atoms with Crippen LogP contribution in [0.5, 0.6) is 0 Å². The summed E-state index contributed by atoms with van der Waals surface area (Å²) in [7, 11) is 0. The van der Waals surface area contributed by atoms with Crippen LogP contribution in [0.25, 0.3) is 0 Å². The van der Waals surface area contributed by atoms with Crippen molar-refractivity contribution >= 4 is 5.91 Å². The van der Waals surface area contributed by atoms with Gasteiger partial charge in [-0.3, -0.25) is 9.69 Å². The summed E-state index contributed by atoms with van der Waals surface area (Å²) in [6, 6.07) is 0.940. The molecule has 2 heterocycles. The summed E-state index contributed by atoms with van der Waals surface area (Å²) in [6.07, 6.45) is 8.73. The maximum absolute atomic E-state index is 12.8. The maximum Gasteiger partial charge on any atom is 0.239 e. The van der Waals surface area contributed by atoms with E-state index in [1.807, 2.05) is 0 Å². The van der Waals surface area contributed by atoms with Crippen molar-refractivity contribution in [3.05, 3.63) is 0 Å². The lowest BCUT2D eigenvalue weighted by Gasteiger charge is -2.41. The van der Waals surface area contributed by atoms with Crippen LogP contribution >= 0.6 is 0 Å². The van der Waals surface area contributed by atoms with Gasteiger partial charge < -0.3 is 4.90 Å². The Hall–Kier alpha value is -0.570. The van der Waals surface area contributed by atoms with Crippen LogP contribution in [0.3, 0.4) is 0 Å². The molecule has 1 aliphatic carbocycles. The van der Waals surface area contributed by atoms with E-state index in [-0.39, 0.29) is 6.04 Å². The number of nitrogens with zero attached hydrogens (tertiary/aromatic N) is 2. The maximum atomic E-state index is 12.8. The van der Waals surface area contributed by atoms with Gasteiger partial charge in [-0.15, -0.1) is 0 Å². The Balaban J connectivity index is 1.56. The summed E-state index contributed by atoms with van der Waals surface area (Å²) in [4.78, 5) is 17.5. The van der Waals surface area contributed by atoms with E-state index in [0.717, 1.165) is 43.9 Å². The highest BCUT2D eigenvalue weighted by atomic mass is 16.2. The van der Waals surface area contributed by atoms with Crippen molar-refractivity contribution in [1.29, 1.82) is 0 Å². The quantitative estimate of drug-likeness (QED) is 0.792. The second-order valence-electron chi connectivity index (χ2n) is 7.39. The first-order chi connectivity index (χ1) is 9.66. The normalized spacial score (nSPS) is 29.9. The van der Waals surface area contributed by atoms with Gasteiger partial charge in [-0.05, 0) is 56.9 Å². The van der Waals surface area contributed by atoms with Gasteiger partial charge in [0, 0.05) is 19.1 Å². The molecule has 0 bridgehead atoms. The van der Waals surface area contributed by atoms with Gasteiger partial charge in [0.15, 0.2) is 0 Å². The van der Waals surface area contributed by atoms with Gasteiger partial charge in [-0.2, -0.15) is 0 Å². The monoisotopic (exact) mass is 278 g/mol. The third-order valence-corrected chi connectivity index (χ3v) is 5.92. The topological polar surface area (TPSA) is 23.6 Å². The van der Waals surface area contributed by atoms with E-state index < -0.39 is 0 Å². The van der Waals surface area contributed by atoms with E-state index >= 15 is 0 Å². The van der Waals surface area contributed by atoms with Crippen molar-refractivity contribution in [2.45, 2.75) is 70.9 Å². The average Bonchev–Trinajstić information content (AvgIpc) is 2.85. The molecule has 0 aromatic rings. The Labute approximate surface area is 123 Å². The molecular weight excluding hydrogens is 248 g/mol. The molecule has 2 aliphatic heterocycles. The molecule has 0 aromatic heterocycles. The lowest BCUT2D eigenvalue weighted by molar-refractivity contribution is -0.139. The number of rotatable bonds is 3. The highest BCUT2D eigenvalue weighted by Crippen LogP contribution is 2.33. The van der Waals surface area contributed by atoms with Crippen molar-refractivity contribution < 1.29 is 4.79 Å². The van der Waals surface area contributed by atoms with Crippen LogP contribution in [0.2, 0.25) is 0 Å². The molecule has 0 spiro atoms. The van der Waals surface area contributed by atoms with Crippen LogP contribution in [0.15, 0.2) is 0 Å². The molecule has 0 unspecified atom stereocenters. The van der Waals surface area contributed by atoms with E-state index in [2.05, 4.69) is 23.6 Å². The highest BCUT2D eigenvalue weighted by molar-refractivity contribution is 5.82. The lowest BCUT2D eigenvalue weighted by atomic mass is 9.86. The molecule has 3 nitrogen and oxygen atoms in total. The first kappa shape index (κ1) is 14.4. The van der Waals surface area contributed by atoms with Gasteiger partial charge in [-0.1, -0.05) is 20.3 Å². The number of piperidine rings is 1. The van der Waals surface area contributed by atoms with E-state index in [0.29, 0.717) is 5.91 Å². The van der Waals surface area contributed by atoms with Gasteiger partial charge in [-0.25, -0.2) is 0 Å². The van der Waals surface area contributed by atoms with Crippen LogP contribution in [0.1, 0.15) is 58.8 Å². The standard InChI is InChI=1S/C17H30N2O/c1-13(2)14-8-11-18(12-9-14)17(20)16-7-4-10-19(16)15-5-3-6-15/h13-16H,3-12H2,1-2H3/t16-/m0/s1. The van der Waals surface area contributed by atoms with Crippen molar-refractivity contribution in [1.82, 2.24) is 9.80 Å². The minimum Gasteiger partial charge on any atom is -0.341 e. The molecule has 3 fully saturated rings. The second-order valence-corrected chi connectivity index (χ2v) is 7.39.